The van der Waals surface area contributed by atoms with Crippen LogP contribution in [0.4, 0.5) is 11.4 Å². The molecule has 0 bridgehead atoms. The predicted octanol–water partition coefficient (Wildman–Crippen LogP) is 8.25. The Hall–Kier alpha value is -2.91. The van der Waals surface area contributed by atoms with Gasteiger partial charge in [-0.25, -0.2) is 0 Å². The zero-order valence-electron chi connectivity index (χ0n) is 24.8. The van der Waals surface area contributed by atoms with Crippen LogP contribution in [0.25, 0.3) is 0 Å². The van der Waals surface area contributed by atoms with Crippen molar-refractivity contribution < 1.29 is 13.0 Å². The lowest BCUT2D eigenvalue weighted by Gasteiger charge is -2.25. The Morgan fingerprint density at radius 3 is 2.26 bits per heavy atom. The summed E-state index contributed by atoms with van der Waals surface area (Å²) < 4.78 is 32.2. The number of allylic oxidation sites excluding steroid dienone is 4. The first-order chi connectivity index (χ1) is 20.0. The van der Waals surface area contributed by atoms with Crippen molar-refractivity contribution in [2.45, 2.75) is 55.7 Å². The van der Waals surface area contributed by atoms with Gasteiger partial charge < -0.3 is 9.80 Å². The van der Waals surface area contributed by atoms with Gasteiger partial charge in [0, 0.05) is 23.4 Å². The average Bonchev–Trinajstić information content (AvgIpc) is 3.42. The summed E-state index contributed by atoms with van der Waals surface area (Å²) in [5.41, 5.74) is 9.85. The normalized spacial score (nSPS) is 17.9. The molecule has 0 aliphatic carbocycles. The number of fused-ring (bicyclic) bond motifs is 2. The first-order valence-corrected chi connectivity index (χ1v) is 17.4. The zero-order chi connectivity index (χ0) is 30.0. The van der Waals surface area contributed by atoms with E-state index in [0.717, 1.165) is 12.1 Å². The fourth-order valence-corrected chi connectivity index (χ4v) is 8.12. The Morgan fingerprint density at radius 1 is 0.929 bits per heavy atom. The number of hydrogen-bond acceptors (Lipinski definition) is 6. The van der Waals surface area contributed by atoms with Crippen LogP contribution in [0.1, 0.15) is 34.2 Å². The van der Waals surface area contributed by atoms with Crippen LogP contribution in [0, 0.1) is 27.7 Å². The summed E-state index contributed by atoms with van der Waals surface area (Å²) in [6.07, 6.45) is 10.0. The molecule has 0 saturated carbocycles. The average molecular weight is 619 g/mol. The first-order valence-electron chi connectivity index (χ1n) is 14.1. The van der Waals surface area contributed by atoms with Gasteiger partial charge in [0.1, 0.15) is 0 Å². The molecule has 0 fully saturated rings. The Balaban J connectivity index is 1.43. The quantitative estimate of drug-likeness (QED) is 0.191. The molecule has 0 amide bonds. The summed E-state index contributed by atoms with van der Waals surface area (Å²) in [4.78, 5) is 7.00. The van der Waals surface area contributed by atoms with Crippen molar-refractivity contribution in [1.29, 1.82) is 0 Å². The van der Waals surface area contributed by atoms with Crippen molar-refractivity contribution >= 4 is 45.0 Å². The zero-order valence-corrected chi connectivity index (χ0v) is 27.2. The van der Waals surface area contributed by atoms with Crippen molar-refractivity contribution in [3.63, 3.8) is 0 Å². The van der Waals surface area contributed by atoms with Gasteiger partial charge in [-0.1, -0.05) is 72.1 Å². The van der Waals surface area contributed by atoms with E-state index in [2.05, 4.69) is 117 Å². The van der Waals surface area contributed by atoms with Gasteiger partial charge in [-0.3, -0.25) is 4.55 Å². The summed E-state index contributed by atoms with van der Waals surface area (Å²) in [5.74, 6) is -0.246. The van der Waals surface area contributed by atoms with Crippen LogP contribution >= 0.6 is 23.5 Å². The summed E-state index contributed by atoms with van der Waals surface area (Å²) in [6.45, 7) is 9.08. The van der Waals surface area contributed by atoms with E-state index in [1.807, 2.05) is 6.07 Å². The second kappa shape index (κ2) is 12.8. The SMILES string of the molecule is Cc1cc2c(cc1C)N(C)C(=CC=C(C=CC1Sc3cc(C)c(C)cc3N1CCCS(=O)(=O)O)Cc1ccccc1)S2. The molecular formula is C34H38N2O3S3. The minimum absolute atomic E-state index is 0.0214. The molecule has 0 radical (unpaired) electrons. The van der Waals surface area contributed by atoms with Crippen molar-refractivity contribution in [3.05, 3.63) is 117 Å². The topological polar surface area (TPSA) is 60.9 Å². The highest BCUT2D eigenvalue weighted by atomic mass is 32.2. The maximum atomic E-state index is 11.4. The minimum Gasteiger partial charge on any atom is -0.355 e. The maximum Gasteiger partial charge on any atom is 0.264 e. The monoisotopic (exact) mass is 618 g/mol. The second-order valence-corrected chi connectivity index (χ2v) is 14.9. The molecule has 0 aromatic heterocycles. The molecule has 1 atom stereocenters. The molecule has 0 spiro atoms. The van der Waals surface area contributed by atoms with Crippen LogP contribution in [-0.4, -0.2) is 37.7 Å². The lowest BCUT2D eigenvalue weighted by atomic mass is 10.0. The lowest BCUT2D eigenvalue weighted by molar-refractivity contribution is 0.481. The van der Waals surface area contributed by atoms with E-state index < -0.39 is 10.1 Å². The number of benzene rings is 3. The Morgan fingerprint density at radius 2 is 1.57 bits per heavy atom. The van der Waals surface area contributed by atoms with Gasteiger partial charge in [0.05, 0.1) is 27.5 Å². The summed E-state index contributed by atoms with van der Waals surface area (Å²) in [5, 5.41) is 1.21. The molecule has 2 aliphatic heterocycles. The van der Waals surface area contributed by atoms with Crippen LogP contribution in [0.5, 0.6) is 0 Å². The molecule has 0 saturated heterocycles. The molecule has 220 valence electrons. The third-order valence-corrected chi connectivity index (χ3v) is 11.1. The smallest absolute Gasteiger partial charge is 0.264 e. The fourth-order valence-electron chi connectivity index (χ4n) is 5.19. The number of anilines is 2. The van der Waals surface area contributed by atoms with Crippen LogP contribution in [0.15, 0.2) is 99.3 Å². The van der Waals surface area contributed by atoms with Gasteiger partial charge in [0.25, 0.3) is 10.1 Å². The van der Waals surface area contributed by atoms with Crippen molar-refractivity contribution in [2.75, 3.05) is 29.1 Å². The molecule has 3 aromatic rings. The highest BCUT2D eigenvalue weighted by Gasteiger charge is 2.29. The molecule has 1 N–H and O–H groups in total. The highest BCUT2D eigenvalue weighted by Crippen LogP contribution is 2.47. The number of aryl methyl sites for hydroxylation is 4. The number of hydrogen-bond donors (Lipinski definition) is 1. The van der Waals surface area contributed by atoms with Gasteiger partial charge in [-0.2, -0.15) is 8.42 Å². The van der Waals surface area contributed by atoms with Gasteiger partial charge in [-0.15, -0.1) is 0 Å². The first kappa shape index (κ1) is 30.5. The van der Waals surface area contributed by atoms with E-state index in [-0.39, 0.29) is 11.1 Å². The van der Waals surface area contributed by atoms with E-state index in [0.29, 0.717) is 13.0 Å². The molecule has 2 heterocycles. The second-order valence-electron chi connectivity index (χ2n) is 11.1. The predicted molar refractivity (Wildman–Crippen MR) is 180 cm³/mol. The number of nitrogens with zero attached hydrogens (tertiary/aromatic N) is 2. The Labute approximate surface area is 259 Å². The van der Waals surface area contributed by atoms with E-state index in [9.17, 15) is 13.0 Å². The van der Waals surface area contributed by atoms with Gasteiger partial charge >= 0.3 is 0 Å². The van der Waals surface area contributed by atoms with E-state index in [1.54, 1.807) is 23.5 Å². The molecule has 1 unspecified atom stereocenters. The van der Waals surface area contributed by atoms with E-state index in [1.165, 1.54) is 53.9 Å². The minimum atomic E-state index is -4.00. The third-order valence-electron chi connectivity index (χ3n) is 7.89. The van der Waals surface area contributed by atoms with Crippen LogP contribution in [-0.2, 0) is 16.5 Å². The molecule has 5 nitrogen and oxygen atoms in total. The summed E-state index contributed by atoms with van der Waals surface area (Å²) in [6, 6.07) is 19.4. The molecule has 2 aliphatic rings. The summed E-state index contributed by atoms with van der Waals surface area (Å²) in [7, 11) is -1.88. The number of rotatable bonds is 9. The Bertz CT molecular complexity index is 1680. The lowest BCUT2D eigenvalue weighted by Crippen LogP contribution is -2.30. The van der Waals surface area contributed by atoms with E-state index in [4.69, 9.17) is 0 Å². The van der Waals surface area contributed by atoms with E-state index >= 15 is 0 Å². The maximum absolute atomic E-state index is 11.4. The molecule has 8 heteroatoms. The van der Waals surface area contributed by atoms with Gasteiger partial charge in [0.2, 0.25) is 0 Å². The van der Waals surface area contributed by atoms with Crippen molar-refractivity contribution in [3.8, 4) is 0 Å². The molecule has 5 rings (SSSR count). The largest absolute Gasteiger partial charge is 0.355 e. The fraction of sp³-hybridized carbons (Fsp3) is 0.294. The standard InChI is InChI=1S/C34H38N2O3S3/c1-23-18-29-31(20-25(23)3)40-33(35(29)5)14-12-28(22-27-10-7-6-8-11-27)13-15-34-36(16-9-17-42(37,38)39)30-19-24(2)26(4)21-32(30)41-34/h6-8,10-15,18-21,34H,9,16-17,22H2,1-5H3,(H,37,38,39). The molecule has 42 heavy (non-hydrogen) atoms. The summed E-state index contributed by atoms with van der Waals surface area (Å²) >= 11 is 3.58. The Kier molecular flexibility index (Phi) is 9.28. The van der Waals surface area contributed by atoms with Crippen molar-refractivity contribution in [2.24, 2.45) is 0 Å². The molecule has 3 aromatic carbocycles. The van der Waals surface area contributed by atoms with Crippen molar-refractivity contribution in [1.82, 2.24) is 0 Å². The van der Waals surface area contributed by atoms with Crippen LogP contribution in [0.3, 0.4) is 0 Å². The molecular weight excluding hydrogens is 581 g/mol. The van der Waals surface area contributed by atoms with Crippen LogP contribution in [0.2, 0.25) is 0 Å². The van der Waals surface area contributed by atoms with Gasteiger partial charge in [0.15, 0.2) is 0 Å². The number of thioether (sulfide) groups is 2. The van der Waals surface area contributed by atoms with Crippen LogP contribution < -0.4 is 9.80 Å². The highest BCUT2D eigenvalue weighted by molar-refractivity contribution is 8.03. The third kappa shape index (κ3) is 7.17. The van der Waals surface area contributed by atoms with Gasteiger partial charge in [-0.05, 0) is 104 Å².